The Hall–Kier alpha value is -3.64. The number of likely N-dealkylation sites (tertiary alicyclic amines) is 1. The zero-order valence-electron chi connectivity index (χ0n) is 21.2. The highest BCUT2D eigenvalue weighted by molar-refractivity contribution is 6.01. The van der Waals surface area contributed by atoms with Gasteiger partial charge < -0.3 is 35.6 Å². The molecule has 2 aliphatic heterocycles. The molecule has 37 heavy (non-hydrogen) atoms. The number of rotatable bonds is 7. The van der Waals surface area contributed by atoms with Crippen LogP contribution in [0.1, 0.15) is 25.7 Å². The van der Waals surface area contributed by atoms with E-state index >= 15 is 0 Å². The van der Waals surface area contributed by atoms with Crippen LogP contribution in [0.15, 0.2) is 18.5 Å². The molecule has 3 aromatic rings. The van der Waals surface area contributed by atoms with Crippen LogP contribution < -0.4 is 25.8 Å². The summed E-state index contributed by atoms with van der Waals surface area (Å²) in [6, 6.07) is 4.31. The number of aromatic nitrogens is 4. The Morgan fingerprint density at radius 1 is 1.11 bits per heavy atom. The lowest BCUT2D eigenvalue weighted by molar-refractivity contribution is 0.141. The van der Waals surface area contributed by atoms with Crippen molar-refractivity contribution in [2.24, 2.45) is 0 Å². The average Bonchev–Trinajstić information content (AvgIpc) is 3.41. The number of anilines is 2. The second-order valence-corrected chi connectivity index (χ2v) is 10.2. The number of piperidine rings is 1. The molecule has 1 aliphatic carbocycles. The van der Waals surface area contributed by atoms with E-state index in [4.69, 9.17) is 20.3 Å². The van der Waals surface area contributed by atoms with Gasteiger partial charge in [-0.05, 0) is 65.0 Å². The van der Waals surface area contributed by atoms with Gasteiger partial charge in [0.1, 0.15) is 17.8 Å². The molecule has 0 spiro atoms. The van der Waals surface area contributed by atoms with Gasteiger partial charge in [-0.2, -0.15) is 5.10 Å². The number of nitrogen functional groups attached to an aromatic ring is 1. The summed E-state index contributed by atoms with van der Waals surface area (Å²) < 4.78 is 13.5. The predicted octanol–water partition coefficient (Wildman–Crippen LogP) is 2.11. The van der Waals surface area contributed by atoms with Crippen molar-refractivity contribution in [3.05, 3.63) is 18.5 Å². The van der Waals surface area contributed by atoms with Crippen LogP contribution >= 0.6 is 0 Å². The highest BCUT2D eigenvalue weighted by Gasteiger charge is 2.29. The van der Waals surface area contributed by atoms with Crippen molar-refractivity contribution in [1.82, 2.24) is 34.9 Å². The van der Waals surface area contributed by atoms with E-state index in [0.717, 1.165) is 50.9 Å². The standard InChI is InChI=1S/C25H33N9O3/c1-32(2)16-7-9-33(10-8-16)11-12-34-24-19(23(26)27-13-28-24)20(31-34)17-5-6-18(22-21(17)36-14-37-22)30-25(35)29-15-3-4-15/h5-6,13,15-16H,3-4,7-12,14H2,1-2H3,(H2,26,27,28)(H2,29,30,35). The van der Waals surface area contributed by atoms with Crippen molar-refractivity contribution < 1.29 is 14.3 Å². The number of fused-ring (bicyclic) bond motifs is 2. The minimum atomic E-state index is -0.255. The number of urea groups is 1. The number of nitrogens with two attached hydrogens (primary N) is 1. The van der Waals surface area contributed by atoms with E-state index in [0.29, 0.717) is 52.3 Å². The summed E-state index contributed by atoms with van der Waals surface area (Å²) in [7, 11) is 4.30. The lowest BCUT2D eigenvalue weighted by atomic mass is 10.0. The summed E-state index contributed by atoms with van der Waals surface area (Å²) in [4.78, 5) is 25.9. The molecule has 2 aromatic heterocycles. The molecule has 1 saturated heterocycles. The molecule has 6 rings (SSSR count). The third-order valence-electron chi connectivity index (χ3n) is 7.41. The Labute approximate surface area is 215 Å². The van der Waals surface area contributed by atoms with Crippen LogP contribution in [-0.2, 0) is 6.54 Å². The summed E-state index contributed by atoms with van der Waals surface area (Å²) in [5.74, 6) is 1.35. The van der Waals surface area contributed by atoms with Crippen LogP contribution in [0, 0.1) is 0 Å². The molecule has 12 nitrogen and oxygen atoms in total. The normalized spacial score (nSPS) is 18.0. The fourth-order valence-corrected chi connectivity index (χ4v) is 5.12. The summed E-state index contributed by atoms with van der Waals surface area (Å²) in [5.41, 5.74) is 8.91. The number of ether oxygens (including phenoxy) is 2. The van der Waals surface area contributed by atoms with Gasteiger partial charge in [0.25, 0.3) is 0 Å². The van der Waals surface area contributed by atoms with Crippen molar-refractivity contribution in [1.29, 1.82) is 0 Å². The van der Waals surface area contributed by atoms with E-state index in [-0.39, 0.29) is 18.9 Å². The molecule has 2 amide bonds. The first-order valence-corrected chi connectivity index (χ1v) is 12.8. The second-order valence-electron chi connectivity index (χ2n) is 10.2. The summed E-state index contributed by atoms with van der Waals surface area (Å²) >= 11 is 0. The van der Waals surface area contributed by atoms with Gasteiger partial charge in [-0.25, -0.2) is 19.4 Å². The third kappa shape index (κ3) is 4.74. The number of benzene rings is 1. The van der Waals surface area contributed by atoms with Crippen LogP contribution in [0.25, 0.3) is 22.3 Å². The minimum Gasteiger partial charge on any atom is -0.453 e. The third-order valence-corrected chi connectivity index (χ3v) is 7.41. The maximum absolute atomic E-state index is 12.3. The van der Waals surface area contributed by atoms with Crippen molar-refractivity contribution in [3.63, 3.8) is 0 Å². The highest BCUT2D eigenvalue weighted by Crippen LogP contribution is 2.47. The zero-order chi connectivity index (χ0) is 25.5. The smallest absolute Gasteiger partial charge is 0.319 e. The van der Waals surface area contributed by atoms with Crippen LogP contribution in [0.2, 0.25) is 0 Å². The summed E-state index contributed by atoms with van der Waals surface area (Å²) in [6.45, 7) is 3.73. The van der Waals surface area contributed by atoms with E-state index < -0.39 is 0 Å². The van der Waals surface area contributed by atoms with E-state index in [9.17, 15) is 4.79 Å². The fourth-order valence-electron chi connectivity index (χ4n) is 5.12. The van der Waals surface area contributed by atoms with Gasteiger partial charge >= 0.3 is 6.03 Å². The van der Waals surface area contributed by atoms with E-state index in [1.807, 2.05) is 10.7 Å². The number of amides is 2. The monoisotopic (exact) mass is 507 g/mol. The van der Waals surface area contributed by atoms with Gasteiger partial charge in [0, 0.05) is 24.2 Å². The fraction of sp³-hybridized carbons (Fsp3) is 0.520. The topological polar surface area (TPSA) is 136 Å². The molecular formula is C25H33N9O3. The van der Waals surface area contributed by atoms with Crippen LogP contribution in [0.4, 0.5) is 16.3 Å². The molecule has 4 N–H and O–H groups in total. The molecule has 0 radical (unpaired) electrons. The maximum atomic E-state index is 12.3. The number of nitrogens with zero attached hydrogens (tertiary/aromatic N) is 6. The van der Waals surface area contributed by atoms with Gasteiger partial charge in [0.15, 0.2) is 17.1 Å². The Morgan fingerprint density at radius 3 is 2.65 bits per heavy atom. The van der Waals surface area contributed by atoms with Crippen molar-refractivity contribution in [3.8, 4) is 22.8 Å². The number of carbonyl (C=O) groups excluding carboxylic acids is 1. The number of carbonyl (C=O) groups is 1. The second kappa shape index (κ2) is 9.67. The first kappa shape index (κ1) is 23.7. The van der Waals surface area contributed by atoms with Crippen LogP contribution in [-0.4, -0.2) is 88.2 Å². The molecule has 12 heteroatoms. The van der Waals surface area contributed by atoms with Crippen molar-refractivity contribution >= 4 is 28.6 Å². The molecule has 2 fully saturated rings. The summed E-state index contributed by atoms with van der Waals surface area (Å²) in [6.07, 6.45) is 5.82. The van der Waals surface area contributed by atoms with Gasteiger partial charge in [-0.15, -0.1) is 0 Å². The van der Waals surface area contributed by atoms with Gasteiger partial charge in [0.2, 0.25) is 6.79 Å². The van der Waals surface area contributed by atoms with Crippen LogP contribution in [0.3, 0.4) is 0 Å². The Kier molecular flexibility index (Phi) is 6.21. The van der Waals surface area contributed by atoms with Gasteiger partial charge in [-0.1, -0.05) is 0 Å². The molecule has 1 saturated carbocycles. The molecular weight excluding hydrogens is 474 g/mol. The number of hydrogen-bond donors (Lipinski definition) is 3. The first-order valence-electron chi connectivity index (χ1n) is 12.8. The van der Waals surface area contributed by atoms with E-state index in [1.165, 1.54) is 6.33 Å². The minimum absolute atomic E-state index is 0.0544. The van der Waals surface area contributed by atoms with Crippen molar-refractivity contribution in [2.75, 3.05) is 51.6 Å². The molecule has 0 bridgehead atoms. The maximum Gasteiger partial charge on any atom is 0.319 e. The SMILES string of the molecule is CN(C)C1CCN(CCn2nc(-c3ccc(NC(=O)NC4CC4)c4c3OCO4)c3c(N)ncnc32)CC1. The predicted molar refractivity (Wildman–Crippen MR) is 140 cm³/mol. The van der Waals surface area contributed by atoms with Gasteiger partial charge in [-0.3, -0.25) is 0 Å². The average molecular weight is 508 g/mol. The molecule has 4 heterocycles. The molecule has 196 valence electrons. The van der Waals surface area contributed by atoms with Crippen molar-refractivity contribution in [2.45, 2.75) is 44.3 Å². The zero-order valence-corrected chi connectivity index (χ0v) is 21.2. The number of hydrogen-bond acceptors (Lipinski definition) is 9. The van der Waals surface area contributed by atoms with Crippen LogP contribution in [0.5, 0.6) is 11.5 Å². The first-order chi connectivity index (χ1) is 18.0. The van der Waals surface area contributed by atoms with E-state index in [2.05, 4.69) is 44.5 Å². The number of nitrogens with one attached hydrogen (secondary N) is 2. The molecule has 0 unspecified atom stereocenters. The highest BCUT2D eigenvalue weighted by atomic mass is 16.7. The molecule has 0 atom stereocenters. The molecule has 1 aromatic carbocycles. The summed E-state index contributed by atoms with van der Waals surface area (Å²) in [5, 5.41) is 11.4. The van der Waals surface area contributed by atoms with E-state index in [1.54, 1.807) is 6.07 Å². The van der Waals surface area contributed by atoms with Gasteiger partial charge in [0.05, 0.1) is 17.6 Å². The Bertz CT molecular complexity index is 1310. The quantitative estimate of drug-likeness (QED) is 0.439. The lowest BCUT2D eigenvalue weighted by Gasteiger charge is -2.35. The Morgan fingerprint density at radius 2 is 1.89 bits per heavy atom. The lowest BCUT2D eigenvalue weighted by Crippen LogP contribution is -2.42. The largest absolute Gasteiger partial charge is 0.453 e. The molecule has 3 aliphatic rings. The Balaban J connectivity index is 1.27.